The molecule has 0 fully saturated rings. The molecule has 112 valence electrons. The smallest absolute Gasteiger partial charge is 0.224 e. The zero-order valence-electron chi connectivity index (χ0n) is 12.9. The molecule has 0 amide bonds. The minimum absolute atomic E-state index is 0.232. The Balaban J connectivity index is 2.26. The maximum Gasteiger partial charge on any atom is 0.224 e. The summed E-state index contributed by atoms with van der Waals surface area (Å²) in [5, 5.41) is 3.02. The highest BCUT2D eigenvalue weighted by atomic mass is 16.5. The average Bonchev–Trinajstić information content (AvgIpc) is 2.47. The second kappa shape index (κ2) is 6.92. The highest BCUT2D eigenvalue weighted by molar-refractivity contribution is 5.41. The Kier molecular flexibility index (Phi) is 4.98. The Bertz CT molecular complexity index is 600. The number of nitrogens with one attached hydrogen (secondary N) is 1. The van der Waals surface area contributed by atoms with E-state index in [4.69, 9.17) is 9.47 Å². The molecule has 5 nitrogen and oxygen atoms in total. The van der Waals surface area contributed by atoms with Crippen LogP contribution in [0.2, 0.25) is 0 Å². The summed E-state index contributed by atoms with van der Waals surface area (Å²) in [7, 11) is 1.83. The van der Waals surface area contributed by atoms with Crippen molar-refractivity contribution in [1.29, 1.82) is 0 Å². The van der Waals surface area contributed by atoms with Gasteiger partial charge in [-0.05, 0) is 19.1 Å². The van der Waals surface area contributed by atoms with Gasteiger partial charge in [0.1, 0.15) is 23.1 Å². The third kappa shape index (κ3) is 4.08. The number of hydrogen-bond donors (Lipinski definition) is 1. The van der Waals surface area contributed by atoms with E-state index < -0.39 is 0 Å². The molecule has 0 unspecified atom stereocenters. The van der Waals surface area contributed by atoms with Gasteiger partial charge in [-0.3, -0.25) is 0 Å². The van der Waals surface area contributed by atoms with Gasteiger partial charge in [0, 0.05) is 25.1 Å². The Morgan fingerprint density at radius 2 is 1.90 bits per heavy atom. The minimum atomic E-state index is 0.232. The fraction of sp³-hybridized carbons (Fsp3) is 0.375. The molecule has 0 aliphatic heterocycles. The van der Waals surface area contributed by atoms with E-state index in [1.54, 1.807) is 6.07 Å². The summed E-state index contributed by atoms with van der Waals surface area (Å²) in [4.78, 5) is 8.85. The van der Waals surface area contributed by atoms with Gasteiger partial charge < -0.3 is 14.8 Å². The van der Waals surface area contributed by atoms with Crippen LogP contribution in [0.4, 0.5) is 5.82 Å². The first kappa shape index (κ1) is 15.1. The van der Waals surface area contributed by atoms with Crippen LogP contribution in [0.15, 0.2) is 30.3 Å². The molecule has 0 spiro atoms. The van der Waals surface area contributed by atoms with Crippen LogP contribution >= 0.6 is 0 Å². The highest BCUT2D eigenvalue weighted by Gasteiger charge is 2.09. The Hall–Kier alpha value is -2.30. The first-order valence-corrected chi connectivity index (χ1v) is 7.09. The number of benzene rings is 1. The summed E-state index contributed by atoms with van der Waals surface area (Å²) in [5.41, 5.74) is 0. The Morgan fingerprint density at radius 3 is 2.57 bits per heavy atom. The van der Waals surface area contributed by atoms with Crippen LogP contribution in [0.1, 0.15) is 32.5 Å². The van der Waals surface area contributed by atoms with Crippen LogP contribution in [-0.2, 0) is 0 Å². The second-order valence-electron chi connectivity index (χ2n) is 4.86. The Morgan fingerprint density at radius 1 is 1.14 bits per heavy atom. The van der Waals surface area contributed by atoms with E-state index in [0.717, 1.165) is 17.4 Å². The van der Waals surface area contributed by atoms with Gasteiger partial charge in [-0.1, -0.05) is 19.9 Å². The molecule has 1 aromatic heterocycles. The minimum Gasteiger partial charge on any atom is -0.494 e. The second-order valence-corrected chi connectivity index (χ2v) is 4.86. The molecule has 1 N–H and O–H groups in total. The van der Waals surface area contributed by atoms with E-state index in [-0.39, 0.29) is 5.92 Å². The third-order valence-corrected chi connectivity index (χ3v) is 2.83. The normalized spacial score (nSPS) is 10.5. The number of rotatable bonds is 6. The number of nitrogens with zero attached hydrogens (tertiary/aromatic N) is 2. The lowest BCUT2D eigenvalue weighted by molar-refractivity contribution is 0.338. The molecule has 0 atom stereocenters. The van der Waals surface area contributed by atoms with Crippen LogP contribution in [0.3, 0.4) is 0 Å². The van der Waals surface area contributed by atoms with Crippen molar-refractivity contribution in [1.82, 2.24) is 9.97 Å². The topological polar surface area (TPSA) is 56.3 Å². The van der Waals surface area contributed by atoms with Crippen molar-refractivity contribution in [3.8, 4) is 17.4 Å². The summed E-state index contributed by atoms with van der Waals surface area (Å²) >= 11 is 0. The maximum atomic E-state index is 5.83. The molecule has 5 heteroatoms. The molecular weight excluding hydrogens is 266 g/mol. The van der Waals surface area contributed by atoms with Gasteiger partial charge in [-0.25, -0.2) is 4.98 Å². The number of hydrogen-bond acceptors (Lipinski definition) is 5. The van der Waals surface area contributed by atoms with Crippen molar-refractivity contribution in [3.63, 3.8) is 0 Å². The van der Waals surface area contributed by atoms with Crippen LogP contribution in [0, 0.1) is 0 Å². The summed E-state index contributed by atoms with van der Waals surface area (Å²) in [6.07, 6.45) is 0. The molecule has 0 aliphatic rings. The fourth-order valence-corrected chi connectivity index (χ4v) is 1.80. The molecule has 0 saturated heterocycles. The van der Waals surface area contributed by atoms with Gasteiger partial charge in [0.05, 0.1) is 6.61 Å². The van der Waals surface area contributed by atoms with Crippen molar-refractivity contribution >= 4 is 5.82 Å². The van der Waals surface area contributed by atoms with E-state index in [0.29, 0.717) is 18.2 Å². The fourth-order valence-electron chi connectivity index (χ4n) is 1.80. The van der Waals surface area contributed by atoms with Gasteiger partial charge >= 0.3 is 0 Å². The summed E-state index contributed by atoms with van der Waals surface area (Å²) < 4.78 is 11.3. The van der Waals surface area contributed by atoms with E-state index in [1.807, 2.05) is 52.1 Å². The van der Waals surface area contributed by atoms with E-state index >= 15 is 0 Å². The van der Waals surface area contributed by atoms with Crippen LogP contribution in [-0.4, -0.2) is 23.6 Å². The van der Waals surface area contributed by atoms with Crippen LogP contribution < -0.4 is 14.8 Å². The molecule has 2 aromatic rings. The first-order valence-electron chi connectivity index (χ1n) is 7.09. The van der Waals surface area contributed by atoms with Gasteiger partial charge in [-0.2, -0.15) is 4.98 Å². The SMILES string of the molecule is CCOc1cccc(Oc2cc(NC)nc(C(C)C)n2)c1. The van der Waals surface area contributed by atoms with Gasteiger partial charge in [-0.15, -0.1) is 0 Å². The van der Waals surface area contributed by atoms with Gasteiger partial charge in [0.15, 0.2) is 0 Å². The number of ether oxygens (including phenoxy) is 2. The lowest BCUT2D eigenvalue weighted by atomic mass is 10.2. The lowest BCUT2D eigenvalue weighted by Gasteiger charge is -2.11. The third-order valence-electron chi connectivity index (χ3n) is 2.83. The predicted octanol–water partition coefficient (Wildman–Crippen LogP) is 3.83. The standard InChI is InChI=1S/C16H21N3O2/c1-5-20-12-7-6-8-13(9-12)21-15-10-14(17-4)18-16(19-15)11(2)3/h6-11H,5H2,1-4H3,(H,17,18,19). The maximum absolute atomic E-state index is 5.83. The van der Waals surface area contributed by atoms with Crippen LogP contribution in [0.25, 0.3) is 0 Å². The van der Waals surface area contributed by atoms with Crippen molar-refractivity contribution in [2.24, 2.45) is 0 Å². The average molecular weight is 287 g/mol. The molecule has 1 aromatic carbocycles. The summed E-state index contributed by atoms with van der Waals surface area (Å²) in [6.45, 7) is 6.67. The zero-order valence-corrected chi connectivity index (χ0v) is 12.9. The molecule has 0 saturated carbocycles. The molecule has 21 heavy (non-hydrogen) atoms. The summed E-state index contributed by atoms with van der Waals surface area (Å²) in [5.74, 6) is 3.71. The highest BCUT2D eigenvalue weighted by Crippen LogP contribution is 2.26. The van der Waals surface area contributed by atoms with Crippen molar-refractivity contribution in [2.45, 2.75) is 26.7 Å². The van der Waals surface area contributed by atoms with Crippen molar-refractivity contribution in [3.05, 3.63) is 36.2 Å². The van der Waals surface area contributed by atoms with Crippen molar-refractivity contribution < 1.29 is 9.47 Å². The van der Waals surface area contributed by atoms with Gasteiger partial charge in [0.2, 0.25) is 5.88 Å². The Labute approximate surface area is 125 Å². The van der Waals surface area contributed by atoms with E-state index in [1.165, 1.54) is 0 Å². The first-order chi connectivity index (χ1) is 10.1. The predicted molar refractivity (Wildman–Crippen MR) is 83.4 cm³/mol. The number of aromatic nitrogens is 2. The van der Waals surface area contributed by atoms with Crippen LogP contribution in [0.5, 0.6) is 17.4 Å². The molecular formula is C16H21N3O2. The zero-order chi connectivity index (χ0) is 15.2. The lowest BCUT2D eigenvalue weighted by Crippen LogP contribution is -2.03. The largest absolute Gasteiger partial charge is 0.494 e. The monoisotopic (exact) mass is 287 g/mol. The van der Waals surface area contributed by atoms with Gasteiger partial charge in [0.25, 0.3) is 0 Å². The molecule has 2 rings (SSSR count). The van der Waals surface area contributed by atoms with E-state index in [9.17, 15) is 0 Å². The molecule has 0 bridgehead atoms. The van der Waals surface area contributed by atoms with Crippen molar-refractivity contribution in [2.75, 3.05) is 19.0 Å². The molecule has 0 aliphatic carbocycles. The van der Waals surface area contributed by atoms with E-state index in [2.05, 4.69) is 15.3 Å². The summed E-state index contributed by atoms with van der Waals surface area (Å²) in [6, 6.07) is 9.29. The molecule has 0 radical (unpaired) electrons. The molecule has 1 heterocycles. The quantitative estimate of drug-likeness (QED) is 0.875. The number of anilines is 1.